The summed E-state index contributed by atoms with van der Waals surface area (Å²) in [6.07, 6.45) is 1.12. The molecule has 1 N–H and O–H groups in total. The zero-order valence-electron chi connectivity index (χ0n) is 12.8. The van der Waals surface area contributed by atoms with Gasteiger partial charge in [0.2, 0.25) is 0 Å². The number of halogens is 1. The molecule has 0 fully saturated rings. The second-order valence-corrected chi connectivity index (χ2v) is 7.73. The van der Waals surface area contributed by atoms with Crippen molar-refractivity contribution in [2.75, 3.05) is 26.2 Å². The van der Waals surface area contributed by atoms with Crippen molar-refractivity contribution in [2.24, 2.45) is 0 Å². The average Bonchev–Trinajstić information content (AvgIpc) is 3.02. The Balaban J connectivity index is 1.34. The van der Waals surface area contributed by atoms with E-state index in [1.165, 1.54) is 10.4 Å². The number of ether oxygens (including phenoxy) is 1. The van der Waals surface area contributed by atoms with Crippen LogP contribution in [0.5, 0.6) is 5.75 Å². The minimum atomic E-state index is -0.0724. The predicted molar refractivity (Wildman–Crippen MR) is 101 cm³/mol. The van der Waals surface area contributed by atoms with Crippen molar-refractivity contribution < 1.29 is 9.53 Å². The van der Waals surface area contributed by atoms with Gasteiger partial charge in [0.15, 0.2) is 6.61 Å². The summed E-state index contributed by atoms with van der Waals surface area (Å²) >= 11 is 4.09. The van der Waals surface area contributed by atoms with E-state index < -0.39 is 0 Å². The molecule has 0 unspecified atom stereocenters. The number of carbonyl (C=O) groups is 1. The Labute approximate surface area is 154 Å². The third-order valence-electron chi connectivity index (χ3n) is 3.82. The van der Waals surface area contributed by atoms with Crippen molar-refractivity contribution in [1.82, 2.24) is 10.2 Å². The normalized spacial score (nSPS) is 14.3. The molecule has 1 aliphatic rings. The predicted octanol–water partition coefficient (Wildman–Crippen LogP) is 2.91. The highest BCUT2D eigenvalue weighted by atomic mass is 127. The lowest BCUT2D eigenvalue weighted by Gasteiger charge is -2.26. The minimum absolute atomic E-state index is 0.0648. The third kappa shape index (κ3) is 4.92. The van der Waals surface area contributed by atoms with E-state index in [0.717, 1.165) is 35.4 Å². The highest BCUT2D eigenvalue weighted by Crippen LogP contribution is 2.23. The fourth-order valence-corrected chi connectivity index (χ4v) is 3.83. The topological polar surface area (TPSA) is 41.6 Å². The van der Waals surface area contributed by atoms with E-state index in [2.05, 4.69) is 44.3 Å². The van der Waals surface area contributed by atoms with Crippen molar-refractivity contribution in [1.29, 1.82) is 0 Å². The number of rotatable bonds is 6. The first-order chi connectivity index (χ1) is 11.2. The van der Waals surface area contributed by atoms with E-state index in [1.807, 2.05) is 35.6 Å². The van der Waals surface area contributed by atoms with Crippen molar-refractivity contribution >= 4 is 39.8 Å². The van der Waals surface area contributed by atoms with Gasteiger partial charge in [0.1, 0.15) is 5.75 Å². The molecule has 1 aromatic carbocycles. The minimum Gasteiger partial charge on any atom is -0.484 e. The number of fused-ring (bicyclic) bond motifs is 1. The maximum Gasteiger partial charge on any atom is 0.257 e. The van der Waals surface area contributed by atoms with Crippen molar-refractivity contribution in [3.05, 3.63) is 49.7 Å². The molecular formula is C17H19IN2O2S. The van der Waals surface area contributed by atoms with Crippen LogP contribution in [0, 0.1) is 3.57 Å². The molecule has 0 saturated heterocycles. The van der Waals surface area contributed by atoms with Gasteiger partial charge in [0, 0.05) is 34.6 Å². The van der Waals surface area contributed by atoms with E-state index in [4.69, 9.17) is 4.74 Å². The first kappa shape index (κ1) is 16.7. The summed E-state index contributed by atoms with van der Waals surface area (Å²) in [5.41, 5.74) is 1.44. The van der Waals surface area contributed by atoms with Gasteiger partial charge in [0.25, 0.3) is 5.91 Å². The second-order valence-electron chi connectivity index (χ2n) is 5.49. The molecule has 6 heteroatoms. The van der Waals surface area contributed by atoms with Gasteiger partial charge in [-0.3, -0.25) is 9.69 Å². The Bertz CT molecular complexity index is 657. The third-order valence-corrected chi connectivity index (χ3v) is 5.56. The number of hydrogen-bond acceptors (Lipinski definition) is 4. The lowest BCUT2D eigenvalue weighted by molar-refractivity contribution is -0.123. The summed E-state index contributed by atoms with van der Waals surface area (Å²) in [6.45, 7) is 3.67. The standard InChI is InChI=1S/C17H19IN2O2S/c18-14-1-3-15(4-2-14)22-12-17(21)19-7-9-20-8-5-16-13(11-20)6-10-23-16/h1-4,6,10H,5,7-9,11-12H2,(H,19,21). The van der Waals surface area contributed by atoms with Crippen LogP contribution in [0.2, 0.25) is 0 Å². The zero-order valence-corrected chi connectivity index (χ0v) is 15.7. The summed E-state index contributed by atoms with van der Waals surface area (Å²) in [5, 5.41) is 5.09. The molecule has 0 saturated carbocycles. The summed E-state index contributed by atoms with van der Waals surface area (Å²) in [4.78, 5) is 15.7. The van der Waals surface area contributed by atoms with Gasteiger partial charge in [-0.05, 0) is 70.3 Å². The van der Waals surface area contributed by atoms with Crippen molar-refractivity contribution in [3.8, 4) is 5.75 Å². The molecule has 1 aromatic heterocycles. The number of benzene rings is 1. The van der Waals surface area contributed by atoms with Gasteiger partial charge in [-0.1, -0.05) is 0 Å². The monoisotopic (exact) mass is 442 g/mol. The molecule has 23 heavy (non-hydrogen) atoms. The summed E-state index contributed by atoms with van der Waals surface area (Å²) in [6, 6.07) is 9.88. The molecular weight excluding hydrogens is 423 g/mol. The molecule has 0 bridgehead atoms. The Morgan fingerprint density at radius 2 is 2.13 bits per heavy atom. The highest BCUT2D eigenvalue weighted by molar-refractivity contribution is 14.1. The van der Waals surface area contributed by atoms with E-state index in [0.29, 0.717) is 6.54 Å². The summed E-state index contributed by atoms with van der Waals surface area (Å²) in [5.74, 6) is 0.651. The largest absolute Gasteiger partial charge is 0.484 e. The smallest absolute Gasteiger partial charge is 0.257 e. The second kappa shape index (κ2) is 8.12. The molecule has 2 heterocycles. The number of hydrogen-bond donors (Lipinski definition) is 1. The van der Waals surface area contributed by atoms with Gasteiger partial charge in [0.05, 0.1) is 0 Å². The molecule has 0 radical (unpaired) electrons. The van der Waals surface area contributed by atoms with Crippen molar-refractivity contribution in [3.63, 3.8) is 0 Å². The lowest BCUT2D eigenvalue weighted by Crippen LogP contribution is -2.38. The van der Waals surface area contributed by atoms with Crippen LogP contribution in [0.3, 0.4) is 0 Å². The highest BCUT2D eigenvalue weighted by Gasteiger charge is 2.16. The SMILES string of the molecule is O=C(COc1ccc(I)cc1)NCCN1CCc2sccc2C1. The van der Waals surface area contributed by atoms with E-state index in [-0.39, 0.29) is 12.5 Å². The lowest BCUT2D eigenvalue weighted by atomic mass is 10.1. The van der Waals surface area contributed by atoms with Gasteiger partial charge < -0.3 is 10.1 Å². The van der Waals surface area contributed by atoms with Gasteiger partial charge in [-0.2, -0.15) is 0 Å². The number of nitrogens with one attached hydrogen (secondary N) is 1. The number of nitrogens with zero attached hydrogens (tertiary/aromatic N) is 1. The number of amides is 1. The maximum atomic E-state index is 11.8. The summed E-state index contributed by atoms with van der Waals surface area (Å²) in [7, 11) is 0. The molecule has 1 amide bonds. The van der Waals surface area contributed by atoms with Crippen LogP contribution >= 0.6 is 33.9 Å². The Morgan fingerprint density at radius 1 is 1.30 bits per heavy atom. The Kier molecular flexibility index (Phi) is 5.91. The first-order valence-electron chi connectivity index (χ1n) is 7.63. The molecule has 1 aliphatic heterocycles. The van der Waals surface area contributed by atoms with Crippen LogP contribution in [0.4, 0.5) is 0 Å². The average molecular weight is 442 g/mol. The number of carbonyl (C=O) groups excluding carboxylic acids is 1. The first-order valence-corrected chi connectivity index (χ1v) is 9.59. The maximum absolute atomic E-state index is 11.8. The van der Waals surface area contributed by atoms with E-state index in [9.17, 15) is 4.79 Å². The van der Waals surface area contributed by atoms with E-state index >= 15 is 0 Å². The molecule has 2 aromatic rings. The van der Waals surface area contributed by atoms with Crippen LogP contribution < -0.4 is 10.1 Å². The fraction of sp³-hybridized carbons (Fsp3) is 0.353. The van der Waals surface area contributed by atoms with Crippen molar-refractivity contribution in [2.45, 2.75) is 13.0 Å². The fourth-order valence-electron chi connectivity index (χ4n) is 2.58. The molecule has 0 aliphatic carbocycles. The van der Waals surface area contributed by atoms with Gasteiger partial charge in [-0.15, -0.1) is 11.3 Å². The summed E-state index contributed by atoms with van der Waals surface area (Å²) < 4.78 is 6.62. The molecule has 0 atom stereocenters. The quantitative estimate of drug-likeness (QED) is 0.700. The Hall–Kier alpha value is -1.12. The molecule has 4 nitrogen and oxygen atoms in total. The van der Waals surface area contributed by atoms with Gasteiger partial charge >= 0.3 is 0 Å². The van der Waals surface area contributed by atoms with Crippen LogP contribution in [0.1, 0.15) is 10.4 Å². The van der Waals surface area contributed by atoms with Crippen LogP contribution in [-0.2, 0) is 17.8 Å². The van der Waals surface area contributed by atoms with Crippen LogP contribution in [-0.4, -0.2) is 37.0 Å². The van der Waals surface area contributed by atoms with Crippen LogP contribution in [0.25, 0.3) is 0 Å². The number of thiophene rings is 1. The molecule has 3 rings (SSSR count). The zero-order chi connectivity index (χ0) is 16.1. The van der Waals surface area contributed by atoms with E-state index in [1.54, 1.807) is 0 Å². The van der Waals surface area contributed by atoms with Crippen LogP contribution in [0.15, 0.2) is 35.7 Å². The molecule has 0 spiro atoms. The Morgan fingerprint density at radius 3 is 2.96 bits per heavy atom. The van der Waals surface area contributed by atoms with Gasteiger partial charge in [-0.25, -0.2) is 0 Å². The molecule has 122 valence electrons.